The van der Waals surface area contributed by atoms with Crippen LogP contribution in [-0.2, 0) is 14.3 Å². The van der Waals surface area contributed by atoms with E-state index in [1.807, 2.05) is 12.1 Å². The maximum absolute atomic E-state index is 12.9. The summed E-state index contributed by atoms with van der Waals surface area (Å²) >= 11 is 0. The second kappa shape index (κ2) is 11.1. The highest BCUT2D eigenvalue weighted by molar-refractivity contribution is 5.99. The van der Waals surface area contributed by atoms with E-state index in [4.69, 9.17) is 9.47 Å². The third-order valence-corrected chi connectivity index (χ3v) is 5.31. The number of carbonyl (C=O) groups excluding carboxylic acids is 3. The number of carbonyl (C=O) groups is 3. The largest absolute Gasteiger partial charge is 0.481 e. The number of hydrogen-bond acceptors (Lipinski definition) is 7. The number of ether oxygens (including phenoxy) is 3. The van der Waals surface area contributed by atoms with E-state index in [1.165, 1.54) is 14.2 Å². The van der Waals surface area contributed by atoms with E-state index in [0.717, 1.165) is 0 Å². The predicted octanol–water partition coefficient (Wildman–Crippen LogP) is 5.04. The zero-order chi connectivity index (χ0) is 26.5. The number of nitrogens with zero attached hydrogens (tertiary/aromatic N) is 1. The Balaban J connectivity index is 2.12. The molecule has 0 fully saturated rings. The molecular weight excluding hydrogens is 464 g/mol. The van der Waals surface area contributed by atoms with Crippen LogP contribution in [0.4, 0.5) is 21.0 Å². The Kier molecular flexibility index (Phi) is 8.18. The standard InChI is InChI=1S/C26H32N4O6/c1-15-8-7-9-19(30-25(33)36-26(2,3)4)21-12-16(13-22(28-21)34-5)18-11-10-17(27-24(32)35-6)14-20(18)29-23(15)31/h7-8,10-15,19H,9H2,1-6H3,(H,27,32)(H,29,31)(H,30,33)/b8-7+/t15-,19+/m1/s1. The van der Waals surface area contributed by atoms with Gasteiger partial charge in [-0.1, -0.05) is 25.1 Å². The lowest BCUT2D eigenvalue weighted by molar-refractivity contribution is -0.118. The minimum atomic E-state index is -0.667. The SMILES string of the molecule is COC(=O)Nc1ccc2c(c1)NC(=O)[C@H](C)/C=C/C[C@H](NC(=O)OC(C)(C)C)c1cc-2cc(OC)n1. The van der Waals surface area contributed by atoms with Crippen LogP contribution in [-0.4, -0.2) is 42.9 Å². The molecule has 192 valence electrons. The van der Waals surface area contributed by atoms with E-state index in [9.17, 15) is 14.4 Å². The molecule has 1 aliphatic heterocycles. The molecule has 0 saturated heterocycles. The molecule has 0 spiro atoms. The van der Waals surface area contributed by atoms with Crippen molar-refractivity contribution in [1.82, 2.24) is 10.3 Å². The van der Waals surface area contributed by atoms with Crippen LogP contribution in [0.5, 0.6) is 5.88 Å². The highest BCUT2D eigenvalue weighted by Gasteiger charge is 2.24. The van der Waals surface area contributed by atoms with E-state index in [1.54, 1.807) is 58.0 Å². The van der Waals surface area contributed by atoms with Crippen molar-refractivity contribution in [3.63, 3.8) is 0 Å². The van der Waals surface area contributed by atoms with Crippen molar-refractivity contribution in [3.8, 4) is 17.0 Å². The number of fused-ring (bicyclic) bond motifs is 4. The quantitative estimate of drug-likeness (QED) is 0.508. The van der Waals surface area contributed by atoms with Crippen LogP contribution < -0.4 is 20.7 Å². The van der Waals surface area contributed by atoms with Gasteiger partial charge in [0.25, 0.3) is 0 Å². The summed E-state index contributed by atoms with van der Waals surface area (Å²) in [5.74, 6) is -0.361. The van der Waals surface area contributed by atoms with Crippen LogP contribution >= 0.6 is 0 Å². The van der Waals surface area contributed by atoms with Crippen molar-refractivity contribution in [3.05, 3.63) is 48.2 Å². The highest BCUT2D eigenvalue weighted by Crippen LogP contribution is 2.35. The molecule has 1 aromatic heterocycles. The molecule has 0 radical (unpaired) electrons. The fourth-order valence-corrected chi connectivity index (χ4v) is 3.57. The van der Waals surface area contributed by atoms with Gasteiger partial charge in [0.2, 0.25) is 11.8 Å². The monoisotopic (exact) mass is 496 g/mol. The third-order valence-electron chi connectivity index (χ3n) is 5.31. The molecule has 0 saturated carbocycles. The van der Waals surface area contributed by atoms with Crippen molar-refractivity contribution in [2.75, 3.05) is 24.9 Å². The topological polar surface area (TPSA) is 128 Å². The number of pyridine rings is 1. The van der Waals surface area contributed by atoms with Gasteiger partial charge in [0.1, 0.15) is 5.60 Å². The number of anilines is 2. The predicted molar refractivity (Wildman–Crippen MR) is 136 cm³/mol. The van der Waals surface area contributed by atoms with Gasteiger partial charge < -0.3 is 24.8 Å². The minimum absolute atomic E-state index is 0.235. The number of aromatic nitrogens is 1. The first-order chi connectivity index (χ1) is 17.0. The Hall–Kier alpha value is -4.08. The lowest BCUT2D eigenvalue weighted by atomic mass is 9.98. The maximum atomic E-state index is 12.9. The lowest BCUT2D eigenvalue weighted by Gasteiger charge is -2.24. The number of nitrogens with one attached hydrogen (secondary N) is 3. The summed E-state index contributed by atoms with van der Waals surface area (Å²) in [6, 6.07) is 8.12. The molecule has 2 heterocycles. The molecule has 0 unspecified atom stereocenters. The van der Waals surface area contributed by atoms with Crippen LogP contribution in [0.2, 0.25) is 0 Å². The smallest absolute Gasteiger partial charge is 0.411 e. The molecule has 2 bridgehead atoms. The molecule has 10 nitrogen and oxygen atoms in total. The van der Waals surface area contributed by atoms with Crippen molar-refractivity contribution in [1.29, 1.82) is 0 Å². The van der Waals surface area contributed by atoms with E-state index in [2.05, 4.69) is 25.7 Å². The summed E-state index contributed by atoms with van der Waals surface area (Å²) in [7, 11) is 2.77. The lowest BCUT2D eigenvalue weighted by Crippen LogP contribution is -2.35. The van der Waals surface area contributed by atoms with E-state index in [0.29, 0.717) is 40.5 Å². The number of rotatable bonds is 3. The number of methoxy groups -OCH3 is 2. The number of hydrogen-bond donors (Lipinski definition) is 3. The Morgan fingerprint density at radius 1 is 1.11 bits per heavy atom. The molecular formula is C26H32N4O6. The molecule has 0 aliphatic carbocycles. The summed E-state index contributed by atoms with van der Waals surface area (Å²) in [5.41, 5.74) is 2.19. The second-order valence-electron chi connectivity index (χ2n) is 9.34. The Labute approximate surface area is 210 Å². The minimum Gasteiger partial charge on any atom is -0.481 e. The highest BCUT2D eigenvalue weighted by atomic mass is 16.6. The van der Waals surface area contributed by atoms with E-state index < -0.39 is 29.7 Å². The average Bonchev–Trinajstić information content (AvgIpc) is 2.81. The first-order valence-corrected chi connectivity index (χ1v) is 11.5. The third kappa shape index (κ3) is 6.97. The van der Waals surface area contributed by atoms with Gasteiger partial charge in [0, 0.05) is 17.3 Å². The van der Waals surface area contributed by atoms with Crippen LogP contribution in [0.15, 0.2) is 42.5 Å². The Morgan fingerprint density at radius 2 is 1.86 bits per heavy atom. The van der Waals surface area contributed by atoms with Gasteiger partial charge in [-0.2, -0.15) is 0 Å². The normalized spacial score (nSPS) is 18.3. The molecule has 10 heteroatoms. The average molecular weight is 497 g/mol. The van der Waals surface area contributed by atoms with Crippen molar-refractivity contribution in [2.24, 2.45) is 5.92 Å². The molecule has 3 amide bonds. The zero-order valence-electron chi connectivity index (χ0n) is 21.3. The number of amides is 3. The molecule has 2 atom stereocenters. The van der Waals surface area contributed by atoms with Crippen LogP contribution in [0, 0.1) is 5.92 Å². The first-order valence-electron chi connectivity index (χ1n) is 11.5. The first kappa shape index (κ1) is 26.5. The maximum Gasteiger partial charge on any atom is 0.411 e. The van der Waals surface area contributed by atoms with E-state index >= 15 is 0 Å². The summed E-state index contributed by atoms with van der Waals surface area (Å²) in [6.07, 6.45) is 2.76. The van der Waals surface area contributed by atoms with Gasteiger partial charge in [-0.15, -0.1) is 0 Å². The number of benzene rings is 1. The molecule has 3 rings (SSSR count). The Bertz CT molecular complexity index is 1170. The Morgan fingerprint density at radius 3 is 2.53 bits per heavy atom. The summed E-state index contributed by atoms with van der Waals surface area (Å²) in [6.45, 7) is 7.13. The van der Waals surface area contributed by atoms with Crippen molar-refractivity contribution < 1.29 is 28.6 Å². The molecule has 3 N–H and O–H groups in total. The molecule has 36 heavy (non-hydrogen) atoms. The second-order valence-corrected chi connectivity index (χ2v) is 9.34. The van der Waals surface area contributed by atoms with Gasteiger partial charge in [-0.25, -0.2) is 14.6 Å². The van der Waals surface area contributed by atoms with Gasteiger partial charge >= 0.3 is 12.2 Å². The summed E-state index contributed by atoms with van der Waals surface area (Å²) in [5, 5.41) is 8.43. The van der Waals surface area contributed by atoms with Gasteiger partial charge in [0.15, 0.2) is 0 Å². The van der Waals surface area contributed by atoms with Crippen molar-refractivity contribution >= 4 is 29.5 Å². The van der Waals surface area contributed by atoms with Gasteiger partial charge in [0.05, 0.1) is 37.6 Å². The van der Waals surface area contributed by atoms with Gasteiger partial charge in [-0.05, 0) is 51.0 Å². The van der Waals surface area contributed by atoms with E-state index in [-0.39, 0.29) is 5.91 Å². The number of alkyl carbamates (subject to hydrolysis) is 1. The van der Waals surface area contributed by atoms with Crippen LogP contribution in [0.25, 0.3) is 11.1 Å². The molecule has 1 aliphatic rings. The molecule has 1 aromatic carbocycles. The summed E-state index contributed by atoms with van der Waals surface area (Å²) < 4.78 is 15.6. The van der Waals surface area contributed by atoms with Crippen molar-refractivity contribution in [2.45, 2.75) is 45.8 Å². The van der Waals surface area contributed by atoms with Gasteiger partial charge in [-0.3, -0.25) is 10.1 Å². The fraction of sp³-hybridized carbons (Fsp3) is 0.385. The zero-order valence-corrected chi connectivity index (χ0v) is 21.3. The van der Waals surface area contributed by atoms with Crippen LogP contribution in [0.1, 0.15) is 45.9 Å². The molecule has 2 aromatic rings. The van der Waals surface area contributed by atoms with Crippen LogP contribution in [0.3, 0.4) is 0 Å². The summed E-state index contributed by atoms with van der Waals surface area (Å²) in [4.78, 5) is 41.8. The fourth-order valence-electron chi connectivity index (χ4n) is 3.57.